The van der Waals surface area contributed by atoms with E-state index in [0.29, 0.717) is 19.6 Å². The Morgan fingerprint density at radius 1 is 0.536 bits per heavy atom. The molecular weight excluding hydrogens is 352 g/mol. The zero-order chi connectivity index (χ0) is 21.5. The van der Waals surface area contributed by atoms with Gasteiger partial charge in [0.15, 0.2) is 5.92 Å². The number of rotatable bonds is 17. The molecule has 0 bridgehead atoms. The second kappa shape index (κ2) is 24.0. The molecule has 0 aromatic rings. The minimum atomic E-state index is -0.750. The summed E-state index contributed by atoms with van der Waals surface area (Å²) in [6, 6.07) is 0. The van der Waals surface area contributed by atoms with Crippen molar-refractivity contribution in [2.75, 3.05) is 13.2 Å². The summed E-state index contributed by atoms with van der Waals surface area (Å²) in [5, 5.41) is 0. The van der Waals surface area contributed by atoms with E-state index in [9.17, 15) is 9.59 Å². The van der Waals surface area contributed by atoms with Crippen LogP contribution in [0.3, 0.4) is 0 Å². The summed E-state index contributed by atoms with van der Waals surface area (Å²) < 4.78 is 9.57. The Labute approximate surface area is 175 Å². The average molecular weight is 401 g/mol. The van der Waals surface area contributed by atoms with Crippen molar-refractivity contribution in [2.45, 2.75) is 125 Å². The van der Waals surface area contributed by atoms with Crippen molar-refractivity contribution >= 4 is 11.9 Å². The van der Waals surface area contributed by atoms with E-state index in [1.54, 1.807) is 13.8 Å². The third-order valence-corrected chi connectivity index (χ3v) is 4.68. The van der Waals surface area contributed by atoms with Gasteiger partial charge in [-0.3, -0.25) is 9.59 Å². The summed E-state index contributed by atoms with van der Waals surface area (Å²) in [5.74, 6) is -1.71. The highest BCUT2D eigenvalue weighted by atomic mass is 16.6. The summed E-state index contributed by atoms with van der Waals surface area (Å²) in [7, 11) is 0. The first-order valence-corrected chi connectivity index (χ1v) is 11.9. The molecule has 28 heavy (non-hydrogen) atoms. The third kappa shape index (κ3) is 19.7. The molecule has 0 spiro atoms. The van der Waals surface area contributed by atoms with Gasteiger partial charge in [0.2, 0.25) is 0 Å². The molecule has 0 unspecified atom stereocenters. The average Bonchev–Trinajstić information content (AvgIpc) is 2.68. The molecule has 0 heterocycles. The Balaban J connectivity index is 0. The number of hydrogen-bond acceptors (Lipinski definition) is 4. The van der Waals surface area contributed by atoms with Crippen LogP contribution < -0.4 is 0 Å². The zero-order valence-electron chi connectivity index (χ0n) is 19.5. The fourth-order valence-electron chi connectivity index (χ4n) is 3.02. The van der Waals surface area contributed by atoms with Crippen LogP contribution in [0.4, 0.5) is 0 Å². The predicted octanol–water partition coefficient (Wildman–Crippen LogP) is 7.24. The maximum Gasteiger partial charge on any atom is 0.320 e. The van der Waals surface area contributed by atoms with E-state index < -0.39 is 17.9 Å². The number of unbranched alkanes of at least 4 members (excludes halogenated alkanes) is 11. The van der Waals surface area contributed by atoms with E-state index in [-0.39, 0.29) is 0 Å². The second-order valence-corrected chi connectivity index (χ2v) is 7.38. The van der Waals surface area contributed by atoms with Crippen molar-refractivity contribution in [3.05, 3.63) is 0 Å². The van der Waals surface area contributed by atoms with Gasteiger partial charge in [0.1, 0.15) is 0 Å². The van der Waals surface area contributed by atoms with Gasteiger partial charge >= 0.3 is 11.9 Å². The maximum absolute atomic E-state index is 11.3. The molecule has 0 atom stereocenters. The molecule has 4 nitrogen and oxygen atoms in total. The first-order chi connectivity index (χ1) is 13.6. The molecule has 0 aliphatic heterocycles. The van der Waals surface area contributed by atoms with Gasteiger partial charge < -0.3 is 9.47 Å². The van der Waals surface area contributed by atoms with Crippen molar-refractivity contribution < 1.29 is 19.1 Å². The number of carbonyl (C=O) groups excluding carboxylic acids is 2. The van der Waals surface area contributed by atoms with E-state index in [4.69, 9.17) is 9.47 Å². The van der Waals surface area contributed by atoms with Gasteiger partial charge in [0, 0.05) is 0 Å². The molecule has 0 aromatic carbocycles. The standard InChI is InChI=1S/C14H30.C10H18O4/c1-3-5-7-9-11-13-14-12-10-8-6-4-2;1-4-7-8(9(11)13-5-2)10(12)14-6-3/h3-14H2,1-2H3;8H,4-7H2,1-3H3. The van der Waals surface area contributed by atoms with Crippen LogP contribution >= 0.6 is 0 Å². The molecule has 0 radical (unpaired) electrons. The Morgan fingerprint density at radius 3 is 1.11 bits per heavy atom. The normalized spacial score (nSPS) is 10.4. The molecule has 0 rings (SSSR count). The van der Waals surface area contributed by atoms with Crippen molar-refractivity contribution in [1.29, 1.82) is 0 Å². The molecule has 0 saturated heterocycles. The van der Waals surface area contributed by atoms with Crippen molar-refractivity contribution in [3.63, 3.8) is 0 Å². The quantitative estimate of drug-likeness (QED) is 0.147. The Bertz CT molecular complexity index is 311. The molecule has 0 amide bonds. The molecule has 0 fully saturated rings. The van der Waals surface area contributed by atoms with Crippen LogP contribution in [0.2, 0.25) is 0 Å². The Kier molecular flexibility index (Phi) is 25.0. The number of carbonyl (C=O) groups is 2. The Hall–Kier alpha value is -1.06. The first-order valence-electron chi connectivity index (χ1n) is 11.9. The van der Waals surface area contributed by atoms with E-state index in [0.717, 1.165) is 6.42 Å². The minimum absolute atomic E-state index is 0.290. The lowest BCUT2D eigenvalue weighted by Crippen LogP contribution is -2.27. The zero-order valence-corrected chi connectivity index (χ0v) is 19.5. The summed E-state index contributed by atoms with van der Waals surface area (Å²) in [4.78, 5) is 22.7. The monoisotopic (exact) mass is 400 g/mol. The Morgan fingerprint density at radius 2 is 0.857 bits per heavy atom. The van der Waals surface area contributed by atoms with Crippen molar-refractivity contribution in [2.24, 2.45) is 5.92 Å². The van der Waals surface area contributed by atoms with Gasteiger partial charge in [-0.1, -0.05) is 104 Å². The highest BCUT2D eigenvalue weighted by Gasteiger charge is 2.28. The van der Waals surface area contributed by atoms with E-state index in [2.05, 4.69) is 13.8 Å². The van der Waals surface area contributed by atoms with Crippen LogP contribution in [-0.2, 0) is 19.1 Å². The van der Waals surface area contributed by atoms with Gasteiger partial charge in [0.25, 0.3) is 0 Å². The molecule has 168 valence electrons. The summed E-state index contributed by atoms with van der Waals surface area (Å²) in [6.07, 6.45) is 18.7. The smallest absolute Gasteiger partial charge is 0.320 e. The fraction of sp³-hybridized carbons (Fsp3) is 0.917. The summed E-state index contributed by atoms with van der Waals surface area (Å²) in [5.41, 5.74) is 0. The predicted molar refractivity (Wildman–Crippen MR) is 118 cm³/mol. The lowest BCUT2D eigenvalue weighted by Gasteiger charge is -2.12. The van der Waals surface area contributed by atoms with Crippen LogP contribution in [0.1, 0.15) is 125 Å². The SMILES string of the molecule is CCCC(C(=O)OCC)C(=O)OCC.CCCCCCCCCCCCCC. The second-order valence-electron chi connectivity index (χ2n) is 7.38. The number of esters is 2. The first kappa shape index (κ1) is 29.1. The molecule has 0 saturated carbocycles. The molecule has 0 aliphatic rings. The third-order valence-electron chi connectivity index (χ3n) is 4.68. The topological polar surface area (TPSA) is 52.6 Å². The number of hydrogen-bond donors (Lipinski definition) is 0. The summed E-state index contributed by atoms with van der Waals surface area (Å²) >= 11 is 0. The van der Waals surface area contributed by atoms with Crippen LogP contribution in [0.15, 0.2) is 0 Å². The molecule has 0 aromatic heterocycles. The van der Waals surface area contributed by atoms with Gasteiger partial charge in [0.05, 0.1) is 13.2 Å². The maximum atomic E-state index is 11.3. The van der Waals surface area contributed by atoms with Crippen LogP contribution in [0.5, 0.6) is 0 Å². The van der Waals surface area contributed by atoms with Crippen LogP contribution in [0, 0.1) is 5.92 Å². The molecule has 4 heteroatoms. The minimum Gasteiger partial charge on any atom is -0.465 e. The fourth-order valence-corrected chi connectivity index (χ4v) is 3.02. The highest BCUT2D eigenvalue weighted by molar-refractivity contribution is 5.94. The van der Waals surface area contributed by atoms with Gasteiger partial charge in [-0.05, 0) is 20.3 Å². The summed E-state index contributed by atoms with van der Waals surface area (Å²) in [6.45, 7) is 10.5. The van der Waals surface area contributed by atoms with Crippen molar-refractivity contribution in [1.82, 2.24) is 0 Å². The molecule has 0 aliphatic carbocycles. The van der Waals surface area contributed by atoms with Crippen molar-refractivity contribution in [3.8, 4) is 0 Å². The van der Waals surface area contributed by atoms with Crippen LogP contribution in [0.25, 0.3) is 0 Å². The largest absolute Gasteiger partial charge is 0.465 e. The van der Waals surface area contributed by atoms with Gasteiger partial charge in [-0.25, -0.2) is 0 Å². The van der Waals surface area contributed by atoms with E-state index >= 15 is 0 Å². The van der Waals surface area contributed by atoms with E-state index in [1.165, 1.54) is 77.0 Å². The number of ether oxygens (including phenoxy) is 2. The van der Waals surface area contributed by atoms with Gasteiger partial charge in [-0.2, -0.15) is 0 Å². The molecular formula is C24H48O4. The lowest BCUT2D eigenvalue weighted by molar-refractivity contribution is -0.161. The highest BCUT2D eigenvalue weighted by Crippen LogP contribution is 2.12. The lowest BCUT2D eigenvalue weighted by atomic mass is 10.0. The van der Waals surface area contributed by atoms with Crippen LogP contribution in [-0.4, -0.2) is 25.2 Å². The van der Waals surface area contributed by atoms with Gasteiger partial charge in [-0.15, -0.1) is 0 Å². The molecule has 0 N–H and O–H groups in total. The van der Waals surface area contributed by atoms with E-state index in [1.807, 2.05) is 6.92 Å².